The molecule has 2 nitrogen and oxygen atoms in total. The fourth-order valence-electron chi connectivity index (χ4n) is 0. The van der Waals surface area contributed by atoms with Gasteiger partial charge in [0.2, 0.25) is 0 Å². The monoisotopic (exact) mass is 183 g/mol. The van der Waals surface area contributed by atoms with Gasteiger partial charge in [0.05, 0.1) is 0 Å². The van der Waals surface area contributed by atoms with E-state index in [1.807, 2.05) is 0 Å². The van der Waals surface area contributed by atoms with E-state index in [0.29, 0.717) is 0 Å². The van der Waals surface area contributed by atoms with Crippen LogP contribution < -0.4 is 6.15 Å². The van der Waals surface area contributed by atoms with Crippen LogP contribution in [-0.4, -0.2) is 5.16 Å². The normalized spacial score (nSPS) is 1.60. The predicted octanol–water partition coefficient (Wildman–Crippen LogP) is 1.03. The Balaban J connectivity index is -0.0000000200. The van der Waals surface area contributed by atoms with Gasteiger partial charge in [0, 0.05) is 22.4 Å². The molecule has 0 aliphatic rings. The smallest absolute Gasteiger partial charge is 0 e. The second-order valence-corrected chi connectivity index (χ2v) is 0.274. The number of thiocarbonyl (C=S) groups is 1. The first-order chi connectivity index (χ1) is 1.41. The van der Waals surface area contributed by atoms with Crippen LogP contribution in [0.2, 0.25) is 0 Å². The van der Waals surface area contributed by atoms with Gasteiger partial charge in [-0.15, -0.1) is 0 Å². The van der Waals surface area contributed by atoms with Crippen LogP contribution in [0.5, 0.6) is 0 Å². The molecule has 0 fully saturated rings. The molecule has 0 rings (SSSR count). The number of hydrogen-bond acceptors (Lipinski definition) is 1. The molecule has 0 aromatic rings. The maximum absolute atomic E-state index is 7.13. The number of nitrogens with zero attached hydrogens (tertiary/aromatic N) is 1. The van der Waals surface area contributed by atoms with Crippen molar-refractivity contribution in [1.82, 2.24) is 6.15 Å². The van der Waals surface area contributed by atoms with Gasteiger partial charge in [0.1, 0.15) is 0 Å². The van der Waals surface area contributed by atoms with Crippen LogP contribution in [0.4, 0.5) is 0 Å². The Morgan fingerprint density at radius 1 is 1.60 bits per heavy atom. The van der Waals surface area contributed by atoms with Gasteiger partial charge >= 0.3 is 0 Å². The second-order valence-electron chi connectivity index (χ2n) is 0.0913. The van der Waals surface area contributed by atoms with Gasteiger partial charge in [0.25, 0.3) is 0 Å². The van der Waals surface area contributed by atoms with Crippen molar-refractivity contribution in [2.24, 2.45) is 0 Å². The summed E-state index contributed by atoms with van der Waals surface area (Å²) in [4.78, 5) is 0. The van der Waals surface area contributed by atoms with Gasteiger partial charge in [-0.3, -0.25) is 0 Å². The first kappa shape index (κ1) is 17.8. The largest absolute Gasteiger partial charge is 0.753 e. The zero-order valence-electron chi connectivity index (χ0n) is 2.66. The number of isothiocyanates is 1. The molecule has 0 bridgehead atoms. The molecule has 0 aliphatic carbocycles. The fraction of sp³-hybridized carbons (Fsp3) is 0. The summed E-state index contributed by atoms with van der Waals surface area (Å²) in [6.45, 7) is 0. The van der Waals surface area contributed by atoms with Crippen molar-refractivity contribution in [2.45, 2.75) is 0 Å². The van der Waals surface area contributed by atoms with E-state index in [1.54, 1.807) is 0 Å². The number of quaternary nitrogens is 1. The molecule has 4 N–H and O–H groups in total. The van der Waals surface area contributed by atoms with E-state index in [9.17, 15) is 0 Å². The van der Waals surface area contributed by atoms with Crippen LogP contribution in [0.15, 0.2) is 0 Å². The summed E-state index contributed by atoms with van der Waals surface area (Å²) in [6, 6.07) is 0. The number of hydrogen-bond donors (Lipinski definition) is 1. The Kier molecular flexibility index (Phi) is 87.3. The van der Waals surface area contributed by atoms with E-state index in [4.69, 9.17) is 5.41 Å². The summed E-state index contributed by atoms with van der Waals surface area (Å²) in [5.41, 5.74) is 0. The minimum absolute atomic E-state index is 0. The molecule has 0 saturated heterocycles. The third-order valence-electron chi connectivity index (χ3n) is 0. The molecule has 35 valence electrons. The van der Waals surface area contributed by atoms with Gasteiger partial charge < -0.3 is 11.6 Å². The molecule has 1 radical (unpaired) electrons. The standard InChI is InChI=1S/CNS.Ag.H3N/c2-1-3;;/h;;1H3/q-1;;/p+1. The molecule has 0 saturated carbocycles. The van der Waals surface area contributed by atoms with Gasteiger partial charge in [-0.25, -0.2) is 0 Å². The SMILES string of the molecule is [Ag].[N-]=C=S.[NH4+]. The van der Waals surface area contributed by atoms with Gasteiger partial charge in [-0.05, 0) is 0 Å². The van der Waals surface area contributed by atoms with Crippen LogP contribution in [0.3, 0.4) is 0 Å². The fourth-order valence-corrected chi connectivity index (χ4v) is 0. The maximum atomic E-state index is 7.13. The van der Waals surface area contributed by atoms with E-state index >= 15 is 0 Å². The summed E-state index contributed by atoms with van der Waals surface area (Å²) >= 11 is 3.70. The molecule has 0 heterocycles. The van der Waals surface area contributed by atoms with E-state index < -0.39 is 0 Å². The predicted molar refractivity (Wildman–Crippen MR) is 21.9 cm³/mol. The van der Waals surface area contributed by atoms with E-state index in [-0.39, 0.29) is 28.5 Å². The maximum Gasteiger partial charge on any atom is 0 e. The molecule has 0 aromatic carbocycles. The van der Waals surface area contributed by atoms with Crippen molar-refractivity contribution in [3.63, 3.8) is 0 Å². The molecule has 0 spiro atoms. The van der Waals surface area contributed by atoms with E-state index in [2.05, 4.69) is 12.2 Å². The van der Waals surface area contributed by atoms with Crippen LogP contribution in [0.25, 0.3) is 5.41 Å². The quantitative estimate of drug-likeness (QED) is 0.341. The first-order valence-electron chi connectivity index (χ1n) is 0.428. The molecule has 0 aromatic heterocycles. The first-order valence-corrected chi connectivity index (χ1v) is 0.836. The minimum Gasteiger partial charge on any atom is -0.753 e. The van der Waals surface area contributed by atoms with Crippen LogP contribution in [0, 0.1) is 0 Å². The Morgan fingerprint density at radius 2 is 1.60 bits per heavy atom. The molecule has 0 aliphatic heterocycles. The van der Waals surface area contributed by atoms with Crippen LogP contribution in [-0.2, 0) is 22.4 Å². The molecule has 0 amide bonds. The Bertz CT molecular complexity index is 30.6. The van der Waals surface area contributed by atoms with Crippen molar-refractivity contribution in [3.05, 3.63) is 5.41 Å². The molecular formula is CH4AgN2S. The molecule has 5 heavy (non-hydrogen) atoms. The summed E-state index contributed by atoms with van der Waals surface area (Å²) in [6.07, 6.45) is 0. The summed E-state index contributed by atoms with van der Waals surface area (Å²) < 4.78 is 0. The van der Waals surface area contributed by atoms with Gasteiger partial charge in [-0.2, -0.15) is 5.16 Å². The van der Waals surface area contributed by atoms with Crippen LogP contribution >= 0.6 is 12.2 Å². The third-order valence-corrected chi connectivity index (χ3v) is 0. The van der Waals surface area contributed by atoms with Crippen molar-refractivity contribution in [2.75, 3.05) is 0 Å². The zero-order valence-corrected chi connectivity index (χ0v) is 4.96. The molecule has 0 unspecified atom stereocenters. The minimum atomic E-state index is 0. The Morgan fingerprint density at radius 3 is 1.60 bits per heavy atom. The molecular weight excluding hydrogens is 180 g/mol. The second kappa shape index (κ2) is 24.5. The average molecular weight is 184 g/mol. The van der Waals surface area contributed by atoms with Crippen molar-refractivity contribution < 1.29 is 22.4 Å². The summed E-state index contributed by atoms with van der Waals surface area (Å²) in [7, 11) is 0. The van der Waals surface area contributed by atoms with Gasteiger partial charge in [0.15, 0.2) is 0 Å². The molecule has 0 atom stereocenters. The van der Waals surface area contributed by atoms with E-state index in [1.165, 1.54) is 5.16 Å². The number of rotatable bonds is 0. The third kappa shape index (κ3) is 112. The van der Waals surface area contributed by atoms with Gasteiger partial charge in [-0.1, -0.05) is 12.2 Å². The summed E-state index contributed by atoms with van der Waals surface area (Å²) in [5, 5.41) is 8.47. The van der Waals surface area contributed by atoms with Crippen LogP contribution in [0.1, 0.15) is 0 Å². The Hall–Kier alpha value is 0.500. The average Bonchev–Trinajstić information content (AvgIpc) is 0.918. The van der Waals surface area contributed by atoms with Crippen molar-refractivity contribution in [3.8, 4) is 0 Å². The Labute approximate surface area is 51.6 Å². The topological polar surface area (TPSA) is 58.8 Å². The van der Waals surface area contributed by atoms with Crippen molar-refractivity contribution >= 4 is 17.4 Å². The summed E-state index contributed by atoms with van der Waals surface area (Å²) in [5.74, 6) is 0. The van der Waals surface area contributed by atoms with E-state index in [0.717, 1.165) is 0 Å². The molecule has 4 heteroatoms. The zero-order chi connectivity index (χ0) is 2.71. The van der Waals surface area contributed by atoms with Crippen molar-refractivity contribution in [1.29, 1.82) is 0 Å².